The van der Waals surface area contributed by atoms with Gasteiger partial charge < -0.3 is 9.67 Å². The van der Waals surface area contributed by atoms with Gasteiger partial charge in [0.15, 0.2) is 0 Å². The van der Waals surface area contributed by atoms with Crippen molar-refractivity contribution in [1.29, 1.82) is 0 Å². The van der Waals surface area contributed by atoms with E-state index >= 15 is 0 Å². The number of carbonyl (C=O) groups is 1. The summed E-state index contributed by atoms with van der Waals surface area (Å²) in [6.45, 7) is 4.25. The van der Waals surface area contributed by atoms with Gasteiger partial charge in [0.2, 0.25) is 0 Å². The van der Waals surface area contributed by atoms with E-state index in [0.717, 1.165) is 17.3 Å². The van der Waals surface area contributed by atoms with Crippen LogP contribution in [-0.4, -0.2) is 20.6 Å². The normalized spacial score (nSPS) is 22.6. The van der Waals surface area contributed by atoms with Crippen LogP contribution >= 0.6 is 0 Å². The predicted molar refractivity (Wildman–Crippen MR) is 82.7 cm³/mol. The number of para-hydroxylation sites is 1. The minimum absolute atomic E-state index is 0.302. The molecular formula is C17H22N2O2. The van der Waals surface area contributed by atoms with Crippen molar-refractivity contribution in [2.75, 3.05) is 0 Å². The average Bonchev–Trinajstić information content (AvgIpc) is 2.82. The molecule has 3 rings (SSSR count). The fourth-order valence-corrected chi connectivity index (χ4v) is 3.68. The fraction of sp³-hybridized carbons (Fsp3) is 0.529. The van der Waals surface area contributed by atoms with Gasteiger partial charge in [0, 0.05) is 6.04 Å². The second-order valence-corrected chi connectivity index (χ2v) is 6.09. The number of nitrogens with zero attached hydrogens (tertiary/aromatic N) is 2. The van der Waals surface area contributed by atoms with Crippen molar-refractivity contribution in [3.05, 3.63) is 29.6 Å². The Morgan fingerprint density at radius 3 is 2.67 bits per heavy atom. The number of aryl methyl sites for hydroxylation is 1. The predicted octanol–water partition coefficient (Wildman–Crippen LogP) is 4.18. The number of aromatic carboxylic acids is 1. The van der Waals surface area contributed by atoms with Crippen LogP contribution < -0.4 is 0 Å². The number of fused-ring (bicyclic) bond motifs is 1. The van der Waals surface area contributed by atoms with Crippen molar-refractivity contribution >= 4 is 17.0 Å². The molecule has 1 aromatic carbocycles. The van der Waals surface area contributed by atoms with E-state index < -0.39 is 5.97 Å². The lowest BCUT2D eigenvalue weighted by atomic mass is 9.84. The van der Waals surface area contributed by atoms with E-state index in [1.54, 1.807) is 6.07 Å². The molecule has 112 valence electrons. The first kappa shape index (κ1) is 14.1. The van der Waals surface area contributed by atoms with E-state index in [4.69, 9.17) is 0 Å². The third kappa shape index (κ3) is 2.43. The average molecular weight is 286 g/mol. The van der Waals surface area contributed by atoms with Crippen molar-refractivity contribution in [2.24, 2.45) is 5.92 Å². The zero-order valence-electron chi connectivity index (χ0n) is 12.7. The quantitative estimate of drug-likeness (QED) is 0.920. The van der Waals surface area contributed by atoms with E-state index in [-0.39, 0.29) is 0 Å². The van der Waals surface area contributed by atoms with Crippen LogP contribution in [0.1, 0.15) is 61.3 Å². The lowest BCUT2D eigenvalue weighted by Crippen LogP contribution is -2.18. The zero-order chi connectivity index (χ0) is 15.0. The highest BCUT2D eigenvalue weighted by Gasteiger charge is 2.25. The van der Waals surface area contributed by atoms with E-state index in [2.05, 4.69) is 16.5 Å². The van der Waals surface area contributed by atoms with Crippen LogP contribution in [0.15, 0.2) is 18.2 Å². The monoisotopic (exact) mass is 286 g/mol. The second-order valence-electron chi connectivity index (χ2n) is 6.09. The summed E-state index contributed by atoms with van der Waals surface area (Å²) >= 11 is 0. The van der Waals surface area contributed by atoms with Crippen LogP contribution in [0.25, 0.3) is 11.0 Å². The minimum Gasteiger partial charge on any atom is -0.478 e. The van der Waals surface area contributed by atoms with Crippen molar-refractivity contribution in [1.82, 2.24) is 9.55 Å². The molecule has 0 spiro atoms. The van der Waals surface area contributed by atoms with Crippen LogP contribution in [-0.2, 0) is 0 Å². The highest BCUT2D eigenvalue weighted by molar-refractivity contribution is 6.01. The first-order valence-electron chi connectivity index (χ1n) is 7.82. The molecule has 1 heterocycles. The van der Waals surface area contributed by atoms with E-state index in [9.17, 15) is 9.90 Å². The molecule has 4 heteroatoms. The molecule has 2 aromatic rings. The van der Waals surface area contributed by atoms with Crippen molar-refractivity contribution in [3.8, 4) is 0 Å². The number of imidazole rings is 1. The molecule has 1 aliphatic rings. The van der Waals surface area contributed by atoms with Gasteiger partial charge in [-0.2, -0.15) is 0 Å². The van der Waals surface area contributed by atoms with Gasteiger partial charge >= 0.3 is 5.97 Å². The molecule has 0 atom stereocenters. The maximum Gasteiger partial charge on any atom is 0.337 e. The van der Waals surface area contributed by atoms with Crippen molar-refractivity contribution < 1.29 is 9.90 Å². The first-order chi connectivity index (χ1) is 10.1. The summed E-state index contributed by atoms with van der Waals surface area (Å²) in [6.07, 6.45) is 6.13. The Kier molecular flexibility index (Phi) is 3.70. The molecule has 1 aliphatic carbocycles. The topological polar surface area (TPSA) is 55.1 Å². The van der Waals surface area contributed by atoms with E-state index in [0.29, 0.717) is 17.1 Å². The van der Waals surface area contributed by atoms with Gasteiger partial charge in [-0.1, -0.05) is 19.4 Å². The maximum absolute atomic E-state index is 11.3. The fourth-order valence-electron chi connectivity index (χ4n) is 3.68. The summed E-state index contributed by atoms with van der Waals surface area (Å²) in [5.41, 5.74) is 1.89. The molecule has 1 aromatic heterocycles. The maximum atomic E-state index is 11.3. The third-order valence-electron chi connectivity index (χ3n) is 4.89. The van der Waals surface area contributed by atoms with Crippen molar-refractivity contribution in [2.45, 2.75) is 52.0 Å². The number of rotatable bonds is 3. The molecule has 0 radical (unpaired) electrons. The Morgan fingerprint density at radius 2 is 2.05 bits per heavy atom. The SMILES string of the molecule is CCC1CCC(n2c(C)nc3c(C(=O)O)cccc32)CC1. The largest absolute Gasteiger partial charge is 0.478 e. The number of carboxylic acid groups (broad SMARTS) is 1. The molecule has 0 saturated heterocycles. The smallest absolute Gasteiger partial charge is 0.337 e. The third-order valence-corrected chi connectivity index (χ3v) is 4.89. The van der Waals surface area contributed by atoms with Crippen LogP contribution in [0, 0.1) is 12.8 Å². The molecule has 0 aliphatic heterocycles. The van der Waals surface area contributed by atoms with Crippen LogP contribution in [0.2, 0.25) is 0 Å². The number of benzene rings is 1. The van der Waals surface area contributed by atoms with Gasteiger partial charge in [-0.3, -0.25) is 0 Å². The van der Waals surface area contributed by atoms with Gasteiger partial charge in [-0.15, -0.1) is 0 Å². The Hall–Kier alpha value is -1.84. The molecule has 1 fully saturated rings. The van der Waals surface area contributed by atoms with E-state index in [1.165, 1.54) is 32.1 Å². The van der Waals surface area contributed by atoms with E-state index in [1.807, 2.05) is 19.1 Å². The highest BCUT2D eigenvalue weighted by atomic mass is 16.4. The molecule has 1 saturated carbocycles. The Labute approximate surface area is 124 Å². The highest BCUT2D eigenvalue weighted by Crippen LogP contribution is 2.36. The van der Waals surface area contributed by atoms with Gasteiger partial charge in [0.05, 0.1) is 11.1 Å². The van der Waals surface area contributed by atoms with Gasteiger partial charge in [0.25, 0.3) is 0 Å². The van der Waals surface area contributed by atoms with Crippen LogP contribution in [0.3, 0.4) is 0 Å². The second kappa shape index (κ2) is 5.51. The molecule has 1 N–H and O–H groups in total. The summed E-state index contributed by atoms with van der Waals surface area (Å²) < 4.78 is 2.26. The molecule has 0 bridgehead atoms. The van der Waals surface area contributed by atoms with Gasteiger partial charge in [-0.25, -0.2) is 9.78 Å². The minimum atomic E-state index is -0.903. The summed E-state index contributed by atoms with van der Waals surface area (Å²) in [7, 11) is 0. The number of hydrogen-bond acceptors (Lipinski definition) is 2. The van der Waals surface area contributed by atoms with Gasteiger partial charge in [-0.05, 0) is 50.7 Å². The molecular weight excluding hydrogens is 264 g/mol. The molecule has 4 nitrogen and oxygen atoms in total. The Balaban J connectivity index is 2.02. The number of carboxylic acids is 1. The van der Waals surface area contributed by atoms with Gasteiger partial charge in [0.1, 0.15) is 11.3 Å². The lowest BCUT2D eigenvalue weighted by Gasteiger charge is -2.30. The molecule has 0 unspecified atom stereocenters. The number of aromatic nitrogens is 2. The summed E-state index contributed by atoms with van der Waals surface area (Å²) in [4.78, 5) is 15.9. The first-order valence-corrected chi connectivity index (χ1v) is 7.82. The summed E-state index contributed by atoms with van der Waals surface area (Å²) in [5.74, 6) is 0.879. The zero-order valence-corrected chi connectivity index (χ0v) is 12.7. The Morgan fingerprint density at radius 1 is 1.33 bits per heavy atom. The van der Waals surface area contributed by atoms with Crippen LogP contribution in [0.4, 0.5) is 0 Å². The summed E-state index contributed by atoms with van der Waals surface area (Å²) in [6, 6.07) is 5.91. The summed E-state index contributed by atoms with van der Waals surface area (Å²) in [5, 5.41) is 9.31. The number of hydrogen-bond donors (Lipinski definition) is 1. The standard InChI is InChI=1S/C17H22N2O2/c1-3-12-7-9-13(10-8-12)19-11(2)18-16-14(17(20)21)5-4-6-15(16)19/h4-6,12-13H,3,7-10H2,1-2H3,(H,20,21). The Bertz CT molecular complexity index is 667. The van der Waals surface area contributed by atoms with Crippen molar-refractivity contribution in [3.63, 3.8) is 0 Å². The molecule has 21 heavy (non-hydrogen) atoms. The van der Waals surface area contributed by atoms with Crippen LogP contribution in [0.5, 0.6) is 0 Å². The lowest BCUT2D eigenvalue weighted by molar-refractivity contribution is 0.0699. The molecule has 0 amide bonds.